The topological polar surface area (TPSA) is 55.1 Å². The van der Waals surface area contributed by atoms with E-state index in [0.29, 0.717) is 18.2 Å². The number of amides is 1. The van der Waals surface area contributed by atoms with Gasteiger partial charge >= 0.3 is 0 Å². The molecule has 112 valence electrons. The van der Waals surface area contributed by atoms with Crippen LogP contribution < -0.4 is 5.32 Å². The van der Waals surface area contributed by atoms with Crippen molar-refractivity contribution in [1.82, 2.24) is 10.5 Å². The van der Waals surface area contributed by atoms with E-state index in [1.165, 1.54) is 12.1 Å². The van der Waals surface area contributed by atoms with E-state index in [4.69, 9.17) is 16.1 Å². The first-order valence-corrected chi connectivity index (χ1v) is 6.98. The number of aryl methyl sites for hydroxylation is 1. The van der Waals surface area contributed by atoms with Crippen LogP contribution in [0.1, 0.15) is 30.0 Å². The normalized spacial score (nSPS) is 11.0. The predicted octanol–water partition coefficient (Wildman–Crippen LogP) is 3.83. The van der Waals surface area contributed by atoms with Gasteiger partial charge in [0.2, 0.25) is 0 Å². The summed E-state index contributed by atoms with van der Waals surface area (Å²) in [5.41, 5.74) is 0.408. The van der Waals surface area contributed by atoms with Crippen LogP contribution in [0.4, 0.5) is 4.39 Å². The zero-order valence-corrected chi connectivity index (χ0v) is 12.8. The number of halogens is 2. The number of hydrogen-bond donors (Lipinski definition) is 1. The molecular formula is C15H16ClFN2O2. The molecule has 0 aliphatic carbocycles. The quantitative estimate of drug-likeness (QED) is 0.933. The minimum absolute atomic E-state index is 0.0747. The highest BCUT2D eigenvalue weighted by Crippen LogP contribution is 2.33. The molecule has 4 nitrogen and oxygen atoms in total. The molecule has 1 N–H and O–H groups in total. The third-order valence-electron chi connectivity index (χ3n) is 2.96. The molecule has 0 aliphatic heterocycles. The monoisotopic (exact) mass is 310 g/mol. The average molecular weight is 311 g/mol. The Morgan fingerprint density at radius 2 is 2.19 bits per heavy atom. The first kappa shape index (κ1) is 15.5. The van der Waals surface area contributed by atoms with Crippen molar-refractivity contribution in [1.29, 1.82) is 0 Å². The molecule has 6 heteroatoms. The molecule has 1 aromatic heterocycles. The van der Waals surface area contributed by atoms with Gasteiger partial charge in [-0.1, -0.05) is 36.7 Å². The maximum atomic E-state index is 14.0. The lowest BCUT2D eigenvalue weighted by molar-refractivity contribution is 0.0948. The smallest absolute Gasteiger partial charge is 0.257 e. The maximum Gasteiger partial charge on any atom is 0.257 e. The maximum absolute atomic E-state index is 14.0. The fourth-order valence-electron chi connectivity index (χ4n) is 1.92. The van der Waals surface area contributed by atoms with Gasteiger partial charge in [-0.05, 0) is 25.0 Å². The zero-order chi connectivity index (χ0) is 15.6. The van der Waals surface area contributed by atoms with Gasteiger partial charge in [-0.15, -0.1) is 0 Å². The molecule has 2 rings (SSSR count). The molecule has 0 saturated heterocycles. The molecule has 1 heterocycles. The van der Waals surface area contributed by atoms with Crippen molar-refractivity contribution in [3.8, 4) is 11.3 Å². The molecule has 0 atom stereocenters. The number of hydrogen-bond acceptors (Lipinski definition) is 3. The minimum atomic E-state index is -0.547. The third-order valence-corrected chi connectivity index (χ3v) is 3.28. The zero-order valence-electron chi connectivity index (χ0n) is 12.0. The lowest BCUT2D eigenvalue weighted by atomic mass is 10.0. The average Bonchev–Trinajstić information content (AvgIpc) is 2.78. The summed E-state index contributed by atoms with van der Waals surface area (Å²) in [6, 6.07) is 4.30. The van der Waals surface area contributed by atoms with Gasteiger partial charge in [0.1, 0.15) is 22.8 Å². The van der Waals surface area contributed by atoms with Gasteiger partial charge in [-0.2, -0.15) is 0 Å². The Hall–Kier alpha value is -1.88. The Morgan fingerprint density at radius 3 is 2.81 bits per heavy atom. The number of benzene rings is 1. The highest BCUT2D eigenvalue weighted by atomic mass is 35.5. The Bertz CT molecular complexity index is 647. The third kappa shape index (κ3) is 3.24. The Morgan fingerprint density at radius 1 is 1.48 bits per heavy atom. The van der Waals surface area contributed by atoms with E-state index >= 15 is 0 Å². The molecule has 21 heavy (non-hydrogen) atoms. The van der Waals surface area contributed by atoms with Gasteiger partial charge in [-0.25, -0.2) is 4.39 Å². The fraction of sp³-hybridized carbons (Fsp3) is 0.333. The molecule has 1 aromatic carbocycles. The molecule has 0 fully saturated rings. The van der Waals surface area contributed by atoms with Gasteiger partial charge in [0.15, 0.2) is 0 Å². The van der Waals surface area contributed by atoms with Crippen LogP contribution in [0.25, 0.3) is 11.3 Å². The summed E-state index contributed by atoms with van der Waals surface area (Å²) in [4.78, 5) is 12.3. The molecule has 0 saturated carbocycles. The molecule has 1 amide bonds. The van der Waals surface area contributed by atoms with E-state index < -0.39 is 5.82 Å². The molecule has 0 aliphatic rings. The lowest BCUT2D eigenvalue weighted by Gasteiger charge is -2.09. The van der Waals surface area contributed by atoms with Gasteiger partial charge in [0.05, 0.1) is 10.6 Å². The molecule has 0 radical (unpaired) electrons. The van der Waals surface area contributed by atoms with Crippen molar-refractivity contribution in [2.24, 2.45) is 5.92 Å². The summed E-state index contributed by atoms with van der Waals surface area (Å²) >= 11 is 6.02. The summed E-state index contributed by atoms with van der Waals surface area (Å²) in [5, 5.41) is 6.75. The van der Waals surface area contributed by atoms with Crippen LogP contribution in [-0.4, -0.2) is 17.6 Å². The van der Waals surface area contributed by atoms with Crippen LogP contribution >= 0.6 is 11.6 Å². The second-order valence-electron chi connectivity index (χ2n) is 5.16. The second-order valence-corrected chi connectivity index (χ2v) is 5.57. The largest absolute Gasteiger partial charge is 0.360 e. The first-order valence-electron chi connectivity index (χ1n) is 6.60. The van der Waals surface area contributed by atoms with E-state index in [-0.39, 0.29) is 27.8 Å². The van der Waals surface area contributed by atoms with E-state index in [0.717, 1.165) is 0 Å². The summed E-state index contributed by atoms with van der Waals surface area (Å²) < 4.78 is 19.1. The van der Waals surface area contributed by atoms with Crippen LogP contribution in [0.3, 0.4) is 0 Å². The fourth-order valence-corrected chi connectivity index (χ4v) is 2.17. The summed E-state index contributed by atoms with van der Waals surface area (Å²) in [6.07, 6.45) is 0. The Labute approximate surface area is 127 Å². The Balaban J connectivity index is 2.45. The van der Waals surface area contributed by atoms with Crippen LogP contribution in [0.5, 0.6) is 0 Å². The number of carbonyl (C=O) groups excluding carboxylic acids is 1. The van der Waals surface area contributed by atoms with Crippen LogP contribution in [0.2, 0.25) is 5.02 Å². The van der Waals surface area contributed by atoms with Crippen LogP contribution in [0.15, 0.2) is 22.7 Å². The van der Waals surface area contributed by atoms with Crippen molar-refractivity contribution in [3.05, 3.63) is 40.4 Å². The lowest BCUT2D eigenvalue weighted by Crippen LogP contribution is -2.28. The molecule has 2 aromatic rings. The summed E-state index contributed by atoms with van der Waals surface area (Å²) in [7, 11) is 0. The molecule has 0 bridgehead atoms. The van der Waals surface area contributed by atoms with E-state index in [1.54, 1.807) is 13.0 Å². The highest BCUT2D eigenvalue weighted by Gasteiger charge is 2.25. The standard InChI is InChI=1S/C15H16ClFN2O2/c1-8(2)7-18-15(20)12-9(3)21-19-14(12)13-10(16)5-4-6-11(13)17/h4-6,8H,7H2,1-3H3,(H,18,20). The SMILES string of the molecule is Cc1onc(-c2c(F)cccc2Cl)c1C(=O)NCC(C)C. The summed E-state index contributed by atoms with van der Waals surface area (Å²) in [6.45, 7) is 6.08. The van der Waals surface area contributed by atoms with Gasteiger partial charge in [-0.3, -0.25) is 4.79 Å². The molecule has 0 spiro atoms. The van der Waals surface area contributed by atoms with Crippen molar-refractivity contribution in [2.75, 3.05) is 6.54 Å². The molecular weight excluding hydrogens is 295 g/mol. The minimum Gasteiger partial charge on any atom is -0.360 e. The van der Waals surface area contributed by atoms with E-state index in [2.05, 4.69) is 10.5 Å². The van der Waals surface area contributed by atoms with Crippen molar-refractivity contribution < 1.29 is 13.7 Å². The van der Waals surface area contributed by atoms with Crippen molar-refractivity contribution in [2.45, 2.75) is 20.8 Å². The predicted molar refractivity (Wildman–Crippen MR) is 78.8 cm³/mol. The number of nitrogens with zero attached hydrogens (tertiary/aromatic N) is 1. The van der Waals surface area contributed by atoms with E-state index in [9.17, 15) is 9.18 Å². The van der Waals surface area contributed by atoms with Crippen LogP contribution in [-0.2, 0) is 0 Å². The Kier molecular flexibility index (Phi) is 4.63. The highest BCUT2D eigenvalue weighted by molar-refractivity contribution is 6.33. The molecule has 0 unspecified atom stereocenters. The van der Waals surface area contributed by atoms with Gasteiger partial charge in [0, 0.05) is 6.54 Å². The number of aromatic nitrogens is 1. The second kappa shape index (κ2) is 6.26. The van der Waals surface area contributed by atoms with E-state index in [1.807, 2.05) is 13.8 Å². The number of rotatable bonds is 4. The van der Waals surface area contributed by atoms with Crippen molar-refractivity contribution >= 4 is 17.5 Å². The number of nitrogens with one attached hydrogen (secondary N) is 1. The first-order chi connectivity index (χ1) is 9.91. The van der Waals surface area contributed by atoms with Gasteiger partial charge in [0.25, 0.3) is 5.91 Å². The van der Waals surface area contributed by atoms with Crippen molar-refractivity contribution in [3.63, 3.8) is 0 Å². The van der Waals surface area contributed by atoms with Gasteiger partial charge < -0.3 is 9.84 Å². The summed E-state index contributed by atoms with van der Waals surface area (Å²) in [5.74, 6) is -0.273. The number of carbonyl (C=O) groups is 1. The van der Waals surface area contributed by atoms with Crippen LogP contribution in [0, 0.1) is 18.7 Å².